The summed E-state index contributed by atoms with van der Waals surface area (Å²) in [5, 5.41) is 12.1. The minimum Gasteiger partial charge on any atom is -0.396 e. The predicted molar refractivity (Wildman–Crippen MR) is 129 cm³/mol. The Morgan fingerprint density at radius 3 is 2.36 bits per heavy atom. The van der Waals surface area contributed by atoms with Gasteiger partial charge in [0.05, 0.1) is 0 Å². The first-order valence-corrected chi connectivity index (χ1v) is 12.0. The molecule has 33 heavy (non-hydrogen) atoms. The van der Waals surface area contributed by atoms with Crippen LogP contribution in [0.4, 0.5) is 4.39 Å². The van der Waals surface area contributed by atoms with E-state index >= 15 is 0 Å². The lowest BCUT2D eigenvalue weighted by Gasteiger charge is -2.34. The Hall–Kier alpha value is -2.76. The van der Waals surface area contributed by atoms with Gasteiger partial charge >= 0.3 is 0 Å². The molecule has 2 heterocycles. The molecule has 3 aromatic rings. The van der Waals surface area contributed by atoms with E-state index in [4.69, 9.17) is 0 Å². The second-order valence-corrected chi connectivity index (χ2v) is 9.57. The highest BCUT2D eigenvalue weighted by atomic mass is 19.1. The molecule has 2 fully saturated rings. The number of carbonyl (C=O) groups is 1. The van der Waals surface area contributed by atoms with Crippen molar-refractivity contribution in [1.82, 2.24) is 9.80 Å². The molecule has 4 nitrogen and oxygen atoms in total. The Morgan fingerprint density at radius 2 is 1.61 bits per heavy atom. The SMILES string of the molecule is O=C(c1cccc2ccccc12)N1C[C@@H](CO)[C@H](CN2CCC(c3ccc(F)cc3)CC2)C1. The number of likely N-dealkylation sites (tertiary alicyclic amines) is 2. The molecule has 2 aliphatic heterocycles. The molecule has 172 valence electrons. The third-order valence-corrected chi connectivity index (χ3v) is 7.54. The van der Waals surface area contributed by atoms with Gasteiger partial charge in [0.2, 0.25) is 0 Å². The Balaban J connectivity index is 1.22. The maximum Gasteiger partial charge on any atom is 0.254 e. The number of hydrogen-bond acceptors (Lipinski definition) is 3. The summed E-state index contributed by atoms with van der Waals surface area (Å²) < 4.78 is 13.2. The van der Waals surface area contributed by atoms with E-state index < -0.39 is 0 Å². The van der Waals surface area contributed by atoms with E-state index in [1.807, 2.05) is 59.5 Å². The van der Waals surface area contributed by atoms with Gasteiger partial charge in [-0.25, -0.2) is 4.39 Å². The highest BCUT2D eigenvalue weighted by Gasteiger charge is 2.37. The molecule has 0 aromatic heterocycles. The van der Waals surface area contributed by atoms with E-state index in [0.29, 0.717) is 19.0 Å². The van der Waals surface area contributed by atoms with Crippen LogP contribution < -0.4 is 0 Å². The van der Waals surface area contributed by atoms with Crippen molar-refractivity contribution in [1.29, 1.82) is 0 Å². The van der Waals surface area contributed by atoms with Gasteiger partial charge in [0.25, 0.3) is 5.91 Å². The average Bonchev–Trinajstić information content (AvgIpc) is 3.27. The highest BCUT2D eigenvalue weighted by Crippen LogP contribution is 2.31. The minimum absolute atomic E-state index is 0.0581. The summed E-state index contributed by atoms with van der Waals surface area (Å²) in [6.07, 6.45) is 2.11. The van der Waals surface area contributed by atoms with Gasteiger partial charge in [0.1, 0.15) is 5.82 Å². The van der Waals surface area contributed by atoms with Gasteiger partial charge in [0, 0.05) is 37.7 Å². The fraction of sp³-hybridized carbons (Fsp3) is 0.393. The molecule has 2 aliphatic rings. The number of carbonyl (C=O) groups excluding carboxylic acids is 1. The number of hydrogen-bond donors (Lipinski definition) is 1. The first-order chi connectivity index (χ1) is 16.1. The number of nitrogens with zero attached hydrogens (tertiary/aromatic N) is 2. The van der Waals surface area contributed by atoms with Crippen LogP contribution in [0.1, 0.15) is 34.7 Å². The van der Waals surface area contributed by atoms with E-state index in [1.165, 1.54) is 5.56 Å². The molecule has 0 spiro atoms. The summed E-state index contributed by atoms with van der Waals surface area (Å²) in [6.45, 7) is 4.29. The lowest BCUT2D eigenvalue weighted by atomic mass is 9.88. The van der Waals surface area contributed by atoms with Crippen LogP contribution in [0.5, 0.6) is 0 Å². The minimum atomic E-state index is -0.185. The second-order valence-electron chi connectivity index (χ2n) is 9.57. The van der Waals surface area contributed by atoms with E-state index in [0.717, 1.165) is 48.8 Å². The number of amides is 1. The van der Waals surface area contributed by atoms with Gasteiger partial charge < -0.3 is 14.9 Å². The summed E-state index contributed by atoms with van der Waals surface area (Å²) in [5.74, 6) is 0.733. The van der Waals surface area contributed by atoms with Gasteiger partial charge in [-0.1, -0.05) is 48.5 Å². The Labute approximate surface area is 194 Å². The Bertz CT molecular complexity index is 1100. The van der Waals surface area contributed by atoms with Crippen molar-refractivity contribution in [3.05, 3.63) is 83.7 Å². The number of piperidine rings is 1. The molecule has 0 aliphatic carbocycles. The fourth-order valence-electron chi connectivity index (χ4n) is 5.62. The quantitative estimate of drug-likeness (QED) is 0.626. The molecule has 1 N–H and O–H groups in total. The van der Waals surface area contributed by atoms with Gasteiger partial charge in [-0.15, -0.1) is 0 Å². The van der Waals surface area contributed by atoms with Crippen LogP contribution in [0.25, 0.3) is 10.8 Å². The zero-order valence-electron chi connectivity index (χ0n) is 18.9. The smallest absolute Gasteiger partial charge is 0.254 e. The fourth-order valence-corrected chi connectivity index (χ4v) is 5.62. The molecule has 3 aromatic carbocycles. The van der Waals surface area contributed by atoms with Crippen molar-refractivity contribution in [2.45, 2.75) is 18.8 Å². The lowest BCUT2D eigenvalue weighted by molar-refractivity contribution is 0.0780. The maximum atomic E-state index is 13.4. The predicted octanol–water partition coefficient (Wildman–Crippen LogP) is 4.54. The number of benzene rings is 3. The molecular formula is C28H31FN2O2. The largest absolute Gasteiger partial charge is 0.396 e. The topological polar surface area (TPSA) is 43.8 Å². The number of fused-ring (bicyclic) bond motifs is 1. The van der Waals surface area contributed by atoms with E-state index in [2.05, 4.69) is 4.90 Å². The lowest BCUT2D eigenvalue weighted by Crippen LogP contribution is -2.39. The zero-order chi connectivity index (χ0) is 22.8. The normalized spacial score (nSPS) is 22.2. The number of rotatable bonds is 5. The third kappa shape index (κ3) is 4.66. The van der Waals surface area contributed by atoms with E-state index in [1.54, 1.807) is 12.1 Å². The van der Waals surface area contributed by atoms with Crippen molar-refractivity contribution in [2.24, 2.45) is 11.8 Å². The second kappa shape index (κ2) is 9.62. The Kier molecular flexibility index (Phi) is 6.43. The number of aliphatic hydroxyl groups excluding tert-OH is 1. The number of halogens is 1. The van der Waals surface area contributed by atoms with Crippen LogP contribution in [-0.2, 0) is 0 Å². The zero-order valence-corrected chi connectivity index (χ0v) is 18.9. The summed E-state index contributed by atoms with van der Waals surface area (Å²) in [6, 6.07) is 20.8. The molecule has 0 radical (unpaired) electrons. The summed E-state index contributed by atoms with van der Waals surface area (Å²) in [5.41, 5.74) is 1.96. The van der Waals surface area contributed by atoms with Crippen LogP contribution in [0, 0.1) is 17.7 Å². The third-order valence-electron chi connectivity index (χ3n) is 7.54. The van der Waals surface area contributed by atoms with Gasteiger partial charge in [-0.2, -0.15) is 0 Å². The first kappa shape index (κ1) is 22.1. The molecule has 2 saturated heterocycles. The maximum absolute atomic E-state index is 13.4. The highest BCUT2D eigenvalue weighted by molar-refractivity contribution is 6.07. The van der Waals surface area contributed by atoms with Crippen LogP contribution in [-0.4, -0.2) is 60.1 Å². The summed E-state index contributed by atoms with van der Waals surface area (Å²) in [7, 11) is 0. The van der Waals surface area contributed by atoms with Crippen LogP contribution >= 0.6 is 0 Å². The molecule has 5 heteroatoms. The van der Waals surface area contributed by atoms with Crippen molar-refractivity contribution >= 4 is 16.7 Å². The molecule has 5 rings (SSSR count). The van der Waals surface area contributed by atoms with Gasteiger partial charge in [0.15, 0.2) is 0 Å². The molecule has 0 saturated carbocycles. The standard InChI is InChI=1S/C28H31FN2O2/c29-25-10-8-20(9-11-25)21-12-14-30(15-13-21)16-23-17-31(18-24(23)19-32)28(33)27-7-3-5-22-4-1-2-6-26(22)27/h1-11,21,23-24,32H,12-19H2/t23-,24+/m1/s1. The summed E-state index contributed by atoms with van der Waals surface area (Å²) in [4.78, 5) is 17.8. The van der Waals surface area contributed by atoms with E-state index in [-0.39, 0.29) is 30.2 Å². The monoisotopic (exact) mass is 446 g/mol. The Morgan fingerprint density at radius 1 is 0.909 bits per heavy atom. The van der Waals surface area contributed by atoms with Crippen molar-refractivity contribution in [3.8, 4) is 0 Å². The molecule has 1 amide bonds. The molecule has 2 atom stereocenters. The van der Waals surface area contributed by atoms with Crippen molar-refractivity contribution in [3.63, 3.8) is 0 Å². The van der Waals surface area contributed by atoms with E-state index in [9.17, 15) is 14.3 Å². The van der Waals surface area contributed by atoms with Gasteiger partial charge in [-0.3, -0.25) is 4.79 Å². The average molecular weight is 447 g/mol. The number of aliphatic hydroxyl groups is 1. The van der Waals surface area contributed by atoms with Gasteiger partial charge in [-0.05, 0) is 72.3 Å². The van der Waals surface area contributed by atoms with Crippen LogP contribution in [0.15, 0.2) is 66.7 Å². The van der Waals surface area contributed by atoms with Crippen LogP contribution in [0.2, 0.25) is 0 Å². The van der Waals surface area contributed by atoms with Crippen molar-refractivity contribution in [2.75, 3.05) is 39.3 Å². The first-order valence-electron chi connectivity index (χ1n) is 12.0. The molecule has 0 bridgehead atoms. The van der Waals surface area contributed by atoms with Crippen LogP contribution in [0.3, 0.4) is 0 Å². The molecule has 0 unspecified atom stereocenters. The van der Waals surface area contributed by atoms with Crippen molar-refractivity contribution < 1.29 is 14.3 Å². The molecular weight excluding hydrogens is 415 g/mol. The summed E-state index contributed by atoms with van der Waals surface area (Å²) >= 11 is 0.